The highest BCUT2D eigenvalue weighted by Gasteiger charge is 2.04. The lowest BCUT2D eigenvalue weighted by molar-refractivity contribution is 0.390. The van der Waals surface area contributed by atoms with E-state index in [1.165, 1.54) is 10.8 Å². The van der Waals surface area contributed by atoms with Crippen molar-refractivity contribution in [1.29, 1.82) is 0 Å². The summed E-state index contributed by atoms with van der Waals surface area (Å²) in [6.07, 6.45) is 4.01. The van der Waals surface area contributed by atoms with Crippen molar-refractivity contribution in [3.8, 4) is 0 Å². The van der Waals surface area contributed by atoms with E-state index in [2.05, 4.69) is 37.2 Å². The number of benzene rings is 1. The van der Waals surface area contributed by atoms with Crippen molar-refractivity contribution in [2.24, 2.45) is 0 Å². The maximum Gasteiger partial charge on any atom is 0.111 e. The zero-order valence-corrected chi connectivity index (χ0v) is 9.36. The van der Waals surface area contributed by atoms with Crippen molar-refractivity contribution in [2.45, 2.75) is 12.8 Å². The van der Waals surface area contributed by atoms with E-state index in [4.69, 9.17) is 4.42 Å². The maximum atomic E-state index is 5.58. The molecule has 2 rings (SSSR count). The SMILES string of the molecule is CN(C)CCCc1occ2ccccc12. The van der Waals surface area contributed by atoms with Crippen molar-refractivity contribution >= 4 is 10.8 Å². The van der Waals surface area contributed by atoms with Crippen LogP contribution >= 0.6 is 0 Å². The number of hydrogen-bond donors (Lipinski definition) is 0. The van der Waals surface area contributed by atoms with E-state index < -0.39 is 0 Å². The summed E-state index contributed by atoms with van der Waals surface area (Å²) in [5, 5.41) is 2.47. The van der Waals surface area contributed by atoms with Crippen LogP contribution < -0.4 is 0 Å². The Morgan fingerprint density at radius 3 is 2.80 bits per heavy atom. The van der Waals surface area contributed by atoms with Gasteiger partial charge in [-0.3, -0.25) is 0 Å². The molecule has 2 heteroatoms. The van der Waals surface area contributed by atoms with Crippen LogP contribution in [-0.4, -0.2) is 25.5 Å². The van der Waals surface area contributed by atoms with Gasteiger partial charge in [0.1, 0.15) is 5.76 Å². The summed E-state index contributed by atoms with van der Waals surface area (Å²) < 4.78 is 5.58. The Morgan fingerprint density at radius 2 is 2.00 bits per heavy atom. The van der Waals surface area contributed by atoms with Crippen molar-refractivity contribution in [2.75, 3.05) is 20.6 Å². The van der Waals surface area contributed by atoms with Crippen LogP contribution in [0.3, 0.4) is 0 Å². The molecule has 0 saturated carbocycles. The predicted molar refractivity (Wildman–Crippen MR) is 63.1 cm³/mol. The molecule has 0 amide bonds. The fourth-order valence-corrected chi connectivity index (χ4v) is 1.80. The first kappa shape index (κ1) is 10.2. The van der Waals surface area contributed by atoms with Crippen LogP contribution in [0.15, 0.2) is 34.9 Å². The lowest BCUT2D eigenvalue weighted by Crippen LogP contribution is -2.13. The lowest BCUT2D eigenvalue weighted by Gasteiger charge is -2.07. The monoisotopic (exact) mass is 203 g/mol. The summed E-state index contributed by atoms with van der Waals surface area (Å²) in [5.41, 5.74) is 0. The van der Waals surface area contributed by atoms with Gasteiger partial charge in [-0.15, -0.1) is 0 Å². The smallest absolute Gasteiger partial charge is 0.111 e. The number of nitrogens with zero attached hydrogens (tertiary/aromatic N) is 1. The molecule has 0 aliphatic rings. The van der Waals surface area contributed by atoms with E-state index >= 15 is 0 Å². The van der Waals surface area contributed by atoms with Gasteiger partial charge in [0.05, 0.1) is 6.26 Å². The quantitative estimate of drug-likeness (QED) is 0.759. The van der Waals surface area contributed by atoms with Crippen LogP contribution in [0.25, 0.3) is 10.8 Å². The van der Waals surface area contributed by atoms with Gasteiger partial charge in [0.25, 0.3) is 0 Å². The van der Waals surface area contributed by atoms with Crippen LogP contribution in [0.1, 0.15) is 12.2 Å². The molecule has 15 heavy (non-hydrogen) atoms. The number of rotatable bonds is 4. The summed E-state index contributed by atoms with van der Waals surface area (Å²) in [6.45, 7) is 1.11. The van der Waals surface area contributed by atoms with E-state index in [1.807, 2.05) is 12.3 Å². The Labute approximate surface area is 90.5 Å². The Balaban J connectivity index is 2.08. The molecule has 0 radical (unpaired) electrons. The molecule has 1 aromatic carbocycles. The van der Waals surface area contributed by atoms with Crippen LogP contribution in [0.5, 0.6) is 0 Å². The summed E-state index contributed by atoms with van der Waals surface area (Å²) >= 11 is 0. The van der Waals surface area contributed by atoms with Crippen LogP contribution in [0.4, 0.5) is 0 Å². The second-order valence-electron chi connectivity index (χ2n) is 4.15. The van der Waals surface area contributed by atoms with Crippen LogP contribution in [0.2, 0.25) is 0 Å². The summed E-state index contributed by atoms with van der Waals surface area (Å²) in [4.78, 5) is 2.20. The van der Waals surface area contributed by atoms with E-state index in [1.54, 1.807) is 0 Å². The maximum absolute atomic E-state index is 5.58. The van der Waals surface area contributed by atoms with Crippen LogP contribution in [0, 0.1) is 0 Å². The third-order valence-electron chi connectivity index (χ3n) is 2.60. The molecule has 0 unspecified atom stereocenters. The Hall–Kier alpha value is -1.28. The molecule has 0 saturated heterocycles. The molecule has 2 nitrogen and oxygen atoms in total. The third-order valence-corrected chi connectivity index (χ3v) is 2.60. The second-order valence-corrected chi connectivity index (χ2v) is 4.15. The average Bonchev–Trinajstić information content (AvgIpc) is 2.62. The zero-order chi connectivity index (χ0) is 10.7. The molecule has 0 aliphatic heterocycles. The summed E-state index contributed by atoms with van der Waals surface area (Å²) in [6, 6.07) is 8.33. The van der Waals surface area contributed by atoms with Crippen LogP contribution in [-0.2, 0) is 6.42 Å². The zero-order valence-electron chi connectivity index (χ0n) is 9.36. The fourth-order valence-electron chi connectivity index (χ4n) is 1.80. The van der Waals surface area contributed by atoms with Gasteiger partial charge in [0.15, 0.2) is 0 Å². The Morgan fingerprint density at radius 1 is 1.20 bits per heavy atom. The van der Waals surface area contributed by atoms with E-state index in [0.717, 1.165) is 25.1 Å². The third kappa shape index (κ3) is 2.39. The molecule has 1 heterocycles. The van der Waals surface area contributed by atoms with Crippen molar-refractivity contribution in [3.63, 3.8) is 0 Å². The Bertz CT molecular complexity index is 431. The van der Waals surface area contributed by atoms with Crippen molar-refractivity contribution < 1.29 is 4.42 Å². The molecule has 0 N–H and O–H groups in total. The van der Waals surface area contributed by atoms with E-state index in [-0.39, 0.29) is 0 Å². The molecule has 2 aromatic rings. The molecule has 0 spiro atoms. The largest absolute Gasteiger partial charge is 0.468 e. The molecular weight excluding hydrogens is 186 g/mol. The van der Waals surface area contributed by atoms with Crippen molar-refractivity contribution in [1.82, 2.24) is 4.90 Å². The molecule has 1 aromatic heterocycles. The molecule has 0 aliphatic carbocycles. The number of aryl methyl sites for hydroxylation is 1. The summed E-state index contributed by atoms with van der Waals surface area (Å²) in [7, 11) is 4.19. The van der Waals surface area contributed by atoms with Gasteiger partial charge >= 0.3 is 0 Å². The van der Waals surface area contributed by atoms with Gasteiger partial charge in [0, 0.05) is 17.2 Å². The number of fused-ring (bicyclic) bond motifs is 1. The topological polar surface area (TPSA) is 16.4 Å². The highest BCUT2D eigenvalue weighted by Crippen LogP contribution is 2.21. The minimum absolute atomic E-state index is 1.02. The first-order valence-corrected chi connectivity index (χ1v) is 5.37. The van der Waals surface area contributed by atoms with Gasteiger partial charge in [0.2, 0.25) is 0 Å². The van der Waals surface area contributed by atoms with Gasteiger partial charge < -0.3 is 9.32 Å². The Kier molecular flexibility index (Phi) is 3.07. The normalized spacial score (nSPS) is 11.4. The van der Waals surface area contributed by atoms with Gasteiger partial charge in [-0.25, -0.2) is 0 Å². The average molecular weight is 203 g/mol. The number of hydrogen-bond acceptors (Lipinski definition) is 2. The minimum atomic E-state index is 1.02. The highest BCUT2D eigenvalue weighted by atomic mass is 16.3. The van der Waals surface area contributed by atoms with Gasteiger partial charge in [-0.05, 0) is 27.1 Å². The summed E-state index contributed by atoms with van der Waals surface area (Å²) in [5.74, 6) is 1.12. The van der Waals surface area contributed by atoms with E-state index in [0.29, 0.717) is 0 Å². The number of furan rings is 1. The van der Waals surface area contributed by atoms with Gasteiger partial charge in [-0.2, -0.15) is 0 Å². The first-order valence-electron chi connectivity index (χ1n) is 5.37. The van der Waals surface area contributed by atoms with Crippen molar-refractivity contribution in [3.05, 3.63) is 36.3 Å². The highest BCUT2D eigenvalue weighted by molar-refractivity contribution is 5.83. The molecule has 0 bridgehead atoms. The predicted octanol–water partition coefficient (Wildman–Crippen LogP) is 2.93. The minimum Gasteiger partial charge on any atom is -0.468 e. The standard InChI is InChI=1S/C13H17NO/c1-14(2)9-5-8-13-12-7-4-3-6-11(12)10-15-13/h3-4,6-7,10H,5,8-9H2,1-2H3. The molecule has 0 fully saturated rings. The van der Waals surface area contributed by atoms with E-state index in [9.17, 15) is 0 Å². The first-order chi connectivity index (χ1) is 7.27. The van der Waals surface area contributed by atoms with Gasteiger partial charge in [-0.1, -0.05) is 24.3 Å². The lowest BCUT2D eigenvalue weighted by atomic mass is 10.1. The fraction of sp³-hybridized carbons (Fsp3) is 0.385. The second kappa shape index (κ2) is 4.49. The molecule has 0 atom stereocenters. The molecule has 80 valence electrons. The molecular formula is C13H17NO.